The van der Waals surface area contributed by atoms with Gasteiger partial charge in [0, 0.05) is 6.26 Å². The summed E-state index contributed by atoms with van der Waals surface area (Å²) >= 11 is 0. The molecule has 0 atom stereocenters. The van der Waals surface area contributed by atoms with Crippen LogP contribution in [0, 0.1) is 13.8 Å². The van der Waals surface area contributed by atoms with Crippen molar-refractivity contribution >= 4 is 9.84 Å². The second-order valence-electron chi connectivity index (χ2n) is 4.00. The Kier molecular flexibility index (Phi) is 2.74. The molecular formula is C11H13N3O2S. The van der Waals surface area contributed by atoms with Crippen molar-refractivity contribution in [1.82, 2.24) is 15.0 Å². The van der Waals surface area contributed by atoms with Crippen LogP contribution in [0.1, 0.15) is 11.3 Å². The number of rotatable bonds is 2. The SMILES string of the molecule is Cc1ccc(-n2nnc(S(C)(=O)=O)c2C)cc1. The molecule has 5 nitrogen and oxygen atoms in total. The molecular weight excluding hydrogens is 238 g/mol. The third-order valence-electron chi connectivity index (χ3n) is 2.48. The maximum absolute atomic E-state index is 11.4. The first-order valence-electron chi connectivity index (χ1n) is 5.09. The van der Waals surface area contributed by atoms with E-state index in [1.165, 1.54) is 4.68 Å². The quantitative estimate of drug-likeness (QED) is 0.806. The van der Waals surface area contributed by atoms with Crippen LogP contribution < -0.4 is 0 Å². The molecule has 1 aromatic carbocycles. The van der Waals surface area contributed by atoms with E-state index in [4.69, 9.17) is 0 Å². The lowest BCUT2D eigenvalue weighted by molar-refractivity contribution is 0.597. The van der Waals surface area contributed by atoms with Gasteiger partial charge in [0.05, 0.1) is 11.4 Å². The largest absolute Gasteiger partial charge is 0.222 e. The van der Waals surface area contributed by atoms with Crippen LogP contribution in [-0.2, 0) is 9.84 Å². The summed E-state index contributed by atoms with van der Waals surface area (Å²) in [5.41, 5.74) is 2.46. The maximum Gasteiger partial charge on any atom is 0.200 e. The van der Waals surface area contributed by atoms with Gasteiger partial charge in [-0.1, -0.05) is 22.9 Å². The van der Waals surface area contributed by atoms with Crippen LogP contribution in [0.4, 0.5) is 0 Å². The molecule has 0 fully saturated rings. The Morgan fingerprint density at radius 3 is 2.18 bits per heavy atom. The van der Waals surface area contributed by atoms with Crippen LogP contribution in [0.5, 0.6) is 0 Å². The highest BCUT2D eigenvalue weighted by molar-refractivity contribution is 7.90. The van der Waals surface area contributed by atoms with E-state index < -0.39 is 9.84 Å². The van der Waals surface area contributed by atoms with Gasteiger partial charge in [0.2, 0.25) is 0 Å². The first kappa shape index (κ1) is 11.8. The number of aryl methyl sites for hydroxylation is 1. The van der Waals surface area contributed by atoms with Crippen molar-refractivity contribution in [3.05, 3.63) is 35.5 Å². The minimum Gasteiger partial charge on any atom is -0.222 e. The number of aromatic nitrogens is 3. The Morgan fingerprint density at radius 1 is 1.12 bits per heavy atom. The average molecular weight is 251 g/mol. The standard InChI is InChI=1S/C11H13N3O2S/c1-8-4-6-10(7-5-8)14-9(2)11(12-13-14)17(3,15)16/h4-7H,1-3H3. The first-order chi connectivity index (χ1) is 7.89. The monoisotopic (exact) mass is 251 g/mol. The molecule has 0 amide bonds. The van der Waals surface area contributed by atoms with Gasteiger partial charge in [-0.15, -0.1) is 5.10 Å². The highest BCUT2D eigenvalue weighted by Gasteiger charge is 2.18. The van der Waals surface area contributed by atoms with E-state index in [0.29, 0.717) is 5.69 Å². The van der Waals surface area contributed by atoms with Crippen LogP contribution in [0.3, 0.4) is 0 Å². The van der Waals surface area contributed by atoms with Gasteiger partial charge < -0.3 is 0 Å². The van der Waals surface area contributed by atoms with Crippen LogP contribution in [-0.4, -0.2) is 29.7 Å². The third kappa shape index (κ3) is 2.21. The zero-order valence-electron chi connectivity index (χ0n) is 9.88. The normalized spacial score (nSPS) is 11.7. The summed E-state index contributed by atoms with van der Waals surface area (Å²) in [4.78, 5) is 0. The zero-order chi connectivity index (χ0) is 12.6. The van der Waals surface area contributed by atoms with Gasteiger partial charge in [0.15, 0.2) is 14.9 Å². The second-order valence-corrected chi connectivity index (χ2v) is 5.93. The van der Waals surface area contributed by atoms with Gasteiger partial charge in [0.25, 0.3) is 0 Å². The Morgan fingerprint density at radius 2 is 1.71 bits per heavy atom. The topological polar surface area (TPSA) is 64.8 Å². The van der Waals surface area contributed by atoms with Gasteiger partial charge in [0.1, 0.15) is 0 Å². The molecule has 17 heavy (non-hydrogen) atoms. The second kappa shape index (κ2) is 3.96. The van der Waals surface area contributed by atoms with Crippen molar-refractivity contribution in [2.24, 2.45) is 0 Å². The fraction of sp³-hybridized carbons (Fsp3) is 0.273. The number of hydrogen-bond acceptors (Lipinski definition) is 4. The number of hydrogen-bond donors (Lipinski definition) is 0. The summed E-state index contributed by atoms with van der Waals surface area (Å²) in [5, 5.41) is 7.61. The molecule has 0 radical (unpaired) electrons. The minimum absolute atomic E-state index is 0.0260. The van der Waals surface area contributed by atoms with E-state index >= 15 is 0 Å². The summed E-state index contributed by atoms with van der Waals surface area (Å²) in [6.07, 6.45) is 1.13. The smallest absolute Gasteiger partial charge is 0.200 e. The Bertz CT molecular complexity index is 642. The van der Waals surface area contributed by atoms with E-state index in [0.717, 1.165) is 17.5 Å². The van der Waals surface area contributed by atoms with Crippen LogP contribution in [0.2, 0.25) is 0 Å². The molecule has 0 bridgehead atoms. The van der Waals surface area contributed by atoms with Crippen molar-refractivity contribution in [2.75, 3.05) is 6.26 Å². The van der Waals surface area contributed by atoms with Crippen molar-refractivity contribution in [3.8, 4) is 5.69 Å². The highest BCUT2D eigenvalue weighted by atomic mass is 32.2. The summed E-state index contributed by atoms with van der Waals surface area (Å²) in [5.74, 6) is 0. The molecule has 0 unspecified atom stereocenters. The van der Waals surface area contributed by atoms with E-state index in [1.54, 1.807) is 6.92 Å². The van der Waals surface area contributed by atoms with E-state index in [1.807, 2.05) is 31.2 Å². The van der Waals surface area contributed by atoms with Crippen LogP contribution in [0.25, 0.3) is 5.69 Å². The van der Waals surface area contributed by atoms with Gasteiger partial charge in [-0.2, -0.15) is 0 Å². The minimum atomic E-state index is -3.32. The fourth-order valence-corrected chi connectivity index (χ4v) is 2.40. The van der Waals surface area contributed by atoms with Gasteiger partial charge in [-0.3, -0.25) is 0 Å². The molecule has 0 N–H and O–H groups in total. The molecule has 0 aliphatic carbocycles. The van der Waals surface area contributed by atoms with E-state index in [-0.39, 0.29) is 5.03 Å². The van der Waals surface area contributed by atoms with Gasteiger partial charge in [-0.25, -0.2) is 13.1 Å². The molecule has 2 rings (SSSR count). The Balaban J connectivity index is 2.55. The molecule has 0 spiro atoms. The third-order valence-corrected chi connectivity index (χ3v) is 3.56. The predicted octanol–water partition coefficient (Wildman–Crippen LogP) is 1.29. The Hall–Kier alpha value is -1.69. The van der Waals surface area contributed by atoms with E-state index in [9.17, 15) is 8.42 Å². The zero-order valence-corrected chi connectivity index (χ0v) is 10.7. The molecule has 2 aromatic rings. The lowest BCUT2D eigenvalue weighted by Gasteiger charge is -2.03. The van der Waals surface area contributed by atoms with Crippen molar-refractivity contribution < 1.29 is 8.42 Å². The molecule has 0 aliphatic rings. The Labute approximate surface area is 100 Å². The number of nitrogens with zero attached hydrogens (tertiary/aromatic N) is 3. The molecule has 0 saturated heterocycles. The van der Waals surface area contributed by atoms with Crippen molar-refractivity contribution in [3.63, 3.8) is 0 Å². The molecule has 1 aromatic heterocycles. The summed E-state index contributed by atoms with van der Waals surface area (Å²) in [6.45, 7) is 3.68. The summed E-state index contributed by atoms with van der Waals surface area (Å²) in [7, 11) is -3.32. The molecule has 0 saturated carbocycles. The first-order valence-corrected chi connectivity index (χ1v) is 6.98. The molecule has 6 heteroatoms. The molecule has 90 valence electrons. The average Bonchev–Trinajstić information content (AvgIpc) is 2.61. The maximum atomic E-state index is 11.4. The van der Waals surface area contributed by atoms with Gasteiger partial charge >= 0.3 is 0 Å². The van der Waals surface area contributed by atoms with Crippen molar-refractivity contribution in [1.29, 1.82) is 0 Å². The fourth-order valence-electron chi connectivity index (χ4n) is 1.59. The molecule has 0 aliphatic heterocycles. The molecule has 1 heterocycles. The number of benzene rings is 1. The van der Waals surface area contributed by atoms with Crippen LogP contribution in [0.15, 0.2) is 29.3 Å². The lowest BCUT2D eigenvalue weighted by Crippen LogP contribution is -2.02. The summed E-state index contributed by atoms with van der Waals surface area (Å²) in [6, 6.07) is 7.64. The van der Waals surface area contributed by atoms with Gasteiger partial charge in [-0.05, 0) is 26.0 Å². The predicted molar refractivity (Wildman–Crippen MR) is 63.9 cm³/mol. The summed E-state index contributed by atoms with van der Waals surface area (Å²) < 4.78 is 24.4. The van der Waals surface area contributed by atoms with Crippen molar-refractivity contribution in [2.45, 2.75) is 18.9 Å². The van der Waals surface area contributed by atoms with Crippen LogP contribution >= 0.6 is 0 Å². The number of sulfone groups is 1. The van der Waals surface area contributed by atoms with E-state index in [2.05, 4.69) is 10.3 Å². The lowest BCUT2D eigenvalue weighted by atomic mass is 10.2. The highest BCUT2D eigenvalue weighted by Crippen LogP contribution is 2.16.